The Morgan fingerprint density at radius 1 is 1.17 bits per heavy atom. The predicted molar refractivity (Wildman–Crippen MR) is 118 cm³/mol. The summed E-state index contributed by atoms with van der Waals surface area (Å²) in [5.74, 6) is -0.350. The van der Waals surface area contributed by atoms with Crippen molar-refractivity contribution in [1.82, 2.24) is 14.3 Å². The monoisotopic (exact) mass is 441 g/mol. The number of carbonyl (C=O) groups excluding carboxylic acids is 1. The molecule has 3 heterocycles. The molecule has 1 aromatic carbocycles. The second-order valence-corrected chi connectivity index (χ2v) is 8.44. The van der Waals surface area contributed by atoms with Gasteiger partial charge in [-0.15, -0.1) is 0 Å². The number of nitrogens with zero attached hydrogens (tertiary/aromatic N) is 3. The molecule has 1 aliphatic heterocycles. The van der Waals surface area contributed by atoms with Crippen LogP contribution in [0.1, 0.15) is 19.4 Å². The van der Waals surface area contributed by atoms with Gasteiger partial charge in [-0.3, -0.25) is 18.9 Å². The van der Waals surface area contributed by atoms with E-state index >= 15 is 0 Å². The van der Waals surface area contributed by atoms with Gasteiger partial charge >= 0.3 is 0 Å². The van der Waals surface area contributed by atoms with Gasteiger partial charge in [0.15, 0.2) is 0 Å². The Kier molecular flexibility index (Phi) is 5.40. The van der Waals surface area contributed by atoms with Crippen LogP contribution >= 0.6 is 24.0 Å². The zero-order chi connectivity index (χ0) is 21.4. The standard InChI is InChI=1S/C21H16FN3O3S2/c1-12(2)25-20(27)16(30-21(25)29)11-15-18(28-14-8-6-13(22)7-9-14)23-17-5-3-4-10-24(17)19(15)26/h3-12H,1-2H3. The van der Waals surface area contributed by atoms with E-state index in [2.05, 4.69) is 4.98 Å². The molecule has 3 aromatic rings. The highest BCUT2D eigenvalue weighted by Crippen LogP contribution is 2.35. The first kappa shape index (κ1) is 20.2. The number of halogens is 1. The summed E-state index contributed by atoms with van der Waals surface area (Å²) in [7, 11) is 0. The predicted octanol–water partition coefficient (Wildman–Crippen LogP) is 4.24. The van der Waals surface area contributed by atoms with Crippen LogP contribution in [0.2, 0.25) is 0 Å². The Balaban J connectivity index is 1.86. The largest absolute Gasteiger partial charge is 0.438 e. The molecule has 0 saturated carbocycles. The summed E-state index contributed by atoms with van der Waals surface area (Å²) in [6.45, 7) is 3.73. The summed E-state index contributed by atoms with van der Waals surface area (Å²) in [5.41, 5.74) is 0.0892. The van der Waals surface area contributed by atoms with Crippen molar-refractivity contribution in [3.8, 4) is 11.6 Å². The number of benzene rings is 1. The molecule has 1 amide bonds. The zero-order valence-electron chi connectivity index (χ0n) is 16.0. The van der Waals surface area contributed by atoms with Crippen molar-refractivity contribution in [1.29, 1.82) is 0 Å². The molecule has 6 nitrogen and oxygen atoms in total. The van der Waals surface area contributed by atoms with Crippen molar-refractivity contribution in [2.24, 2.45) is 0 Å². The minimum Gasteiger partial charge on any atom is -0.438 e. The molecule has 1 saturated heterocycles. The molecular weight excluding hydrogens is 425 g/mol. The third-order valence-electron chi connectivity index (χ3n) is 4.38. The van der Waals surface area contributed by atoms with Crippen molar-refractivity contribution in [3.63, 3.8) is 0 Å². The Morgan fingerprint density at radius 2 is 1.90 bits per heavy atom. The topological polar surface area (TPSA) is 63.9 Å². The first-order valence-corrected chi connectivity index (χ1v) is 10.3. The van der Waals surface area contributed by atoms with Crippen LogP contribution in [0.4, 0.5) is 4.39 Å². The molecule has 9 heteroatoms. The third-order valence-corrected chi connectivity index (χ3v) is 5.71. The van der Waals surface area contributed by atoms with Gasteiger partial charge in [-0.1, -0.05) is 30.0 Å². The normalized spacial score (nSPS) is 15.6. The number of ether oxygens (including phenoxy) is 1. The van der Waals surface area contributed by atoms with E-state index in [4.69, 9.17) is 17.0 Å². The Bertz CT molecular complexity index is 1250. The van der Waals surface area contributed by atoms with Gasteiger partial charge in [0.2, 0.25) is 5.88 Å². The average molecular weight is 442 g/mol. The van der Waals surface area contributed by atoms with Crippen LogP contribution in [-0.2, 0) is 4.79 Å². The fourth-order valence-electron chi connectivity index (χ4n) is 2.95. The van der Waals surface area contributed by atoms with Gasteiger partial charge in [-0.05, 0) is 56.3 Å². The first-order chi connectivity index (χ1) is 14.3. The maximum Gasteiger partial charge on any atom is 0.269 e. The van der Waals surface area contributed by atoms with Gasteiger partial charge in [-0.2, -0.15) is 4.98 Å². The van der Waals surface area contributed by atoms with Crippen LogP contribution in [0, 0.1) is 5.82 Å². The number of aromatic nitrogens is 2. The second kappa shape index (κ2) is 8.00. The molecule has 0 atom stereocenters. The number of fused-ring (bicyclic) bond motifs is 1. The number of thiocarbonyl (C=S) groups is 1. The molecule has 2 aromatic heterocycles. The van der Waals surface area contributed by atoms with E-state index in [1.807, 2.05) is 13.8 Å². The summed E-state index contributed by atoms with van der Waals surface area (Å²) in [6.07, 6.45) is 3.04. The van der Waals surface area contributed by atoms with Crippen molar-refractivity contribution in [2.45, 2.75) is 19.9 Å². The van der Waals surface area contributed by atoms with Crippen LogP contribution in [0.15, 0.2) is 58.4 Å². The van der Waals surface area contributed by atoms with Gasteiger partial charge < -0.3 is 4.74 Å². The van der Waals surface area contributed by atoms with E-state index in [0.717, 1.165) is 11.8 Å². The quantitative estimate of drug-likeness (QED) is 0.446. The highest BCUT2D eigenvalue weighted by Gasteiger charge is 2.34. The van der Waals surface area contributed by atoms with Crippen molar-refractivity contribution >= 4 is 45.9 Å². The number of hydrogen-bond donors (Lipinski definition) is 0. The van der Waals surface area contributed by atoms with Crippen molar-refractivity contribution in [3.05, 3.63) is 75.3 Å². The summed E-state index contributed by atoms with van der Waals surface area (Å²) in [5, 5.41) is 0. The lowest BCUT2D eigenvalue weighted by atomic mass is 10.2. The van der Waals surface area contributed by atoms with E-state index in [1.165, 1.54) is 39.6 Å². The summed E-state index contributed by atoms with van der Waals surface area (Å²) in [6, 6.07) is 10.4. The highest BCUT2D eigenvalue weighted by atomic mass is 32.2. The van der Waals surface area contributed by atoms with Crippen LogP contribution in [0.5, 0.6) is 11.6 Å². The number of carbonyl (C=O) groups is 1. The van der Waals surface area contributed by atoms with Gasteiger partial charge in [0.25, 0.3) is 11.5 Å². The van der Waals surface area contributed by atoms with E-state index in [9.17, 15) is 14.0 Å². The number of amides is 1. The van der Waals surface area contributed by atoms with Gasteiger partial charge in [0, 0.05) is 12.2 Å². The minimum absolute atomic E-state index is 0.0209. The average Bonchev–Trinajstić information content (AvgIpc) is 3.00. The summed E-state index contributed by atoms with van der Waals surface area (Å²) < 4.78 is 20.8. The fraction of sp³-hybridized carbons (Fsp3) is 0.143. The van der Waals surface area contributed by atoms with Crippen LogP contribution in [0.25, 0.3) is 11.7 Å². The lowest BCUT2D eigenvalue weighted by Crippen LogP contribution is -2.34. The number of thioether (sulfide) groups is 1. The first-order valence-electron chi connectivity index (χ1n) is 9.07. The smallest absolute Gasteiger partial charge is 0.269 e. The molecule has 30 heavy (non-hydrogen) atoms. The minimum atomic E-state index is -0.411. The molecule has 152 valence electrons. The fourth-order valence-corrected chi connectivity index (χ4v) is 4.46. The summed E-state index contributed by atoms with van der Waals surface area (Å²) >= 11 is 6.43. The third kappa shape index (κ3) is 3.73. The second-order valence-electron chi connectivity index (χ2n) is 6.77. The van der Waals surface area contributed by atoms with Crippen LogP contribution < -0.4 is 10.3 Å². The zero-order valence-corrected chi connectivity index (χ0v) is 17.7. The Labute approximate surface area is 181 Å². The molecule has 4 rings (SSSR count). The molecule has 0 aliphatic carbocycles. The molecule has 0 spiro atoms. The Hall–Kier alpha value is -3.04. The maximum absolute atomic E-state index is 13.2. The molecule has 0 radical (unpaired) electrons. The molecule has 0 bridgehead atoms. The number of hydrogen-bond acceptors (Lipinski definition) is 6. The van der Waals surface area contributed by atoms with Gasteiger partial charge in [-0.25, -0.2) is 4.39 Å². The van der Waals surface area contributed by atoms with Gasteiger partial charge in [0.05, 0.1) is 4.91 Å². The lowest BCUT2D eigenvalue weighted by Gasteiger charge is -2.18. The van der Waals surface area contributed by atoms with Gasteiger partial charge in [0.1, 0.15) is 27.1 Å². The number of pyridine rings is 1. The van der Waals surface area contributed by atoms with E-state index in [0.29, 0.717) is 20.6 Å². The molecule has 1 fully saturated rings. The summed E-state index contributed by atoms with van der Waals surface area (Å²) in [4.78, 5) is 32.2. The highest BCUT2D eigenvalue weighted by molar-refractivity contribution is 8.26. The molecule has 1 aliphatic rings. The van der Waals surface area contributed by atoms with Crippen molar-refractivity contribution in [2.75, 3.05) is 0 Å². The molecule has 0 unspecified atom stereocenters. The molecular formula is C21H16FN3O3S2. The molecule has 0 N–H and O–H groups in total. The van der Waals surface area contributed by atoms with Crippen molar-refractivity contribution < 1.29 is 13.9 Å². The van der Waals surface area contributed by atoms with E-state index in [-0.39, 0.29) is 23.4 Å². The van der Waals surface area contributed by atoms with E-state index in [1.54, 1.807) is 24.4 Å². The van der Waals surface area contributed by atoms with E-state index < -0.39 is 11.4 Å². The van der Waals surface area contributed by atoms with Crippen LogP contribution in [0.3, 0.4) is 0 Å². The maximum atomic E-state index is 13.2. The Morgan fingerprint density at radius 3 is 2.57 bits per heavy atom. The van der Waals surface area contributed by atoms with Crippen LogP contribution in [-0.4, -0.2) is 30.6 Å². The SMILES string of the molecule is CC(C)N1C(=O)C(=Cc2c(Oc3ccc(F)cc3)nc3ccccn3c2=O)SC1=S. The lowest BCUT2D eigenvalue weighted by molar-refractivity contribution is -0.123. The number of rotatable bonds is 4.